The molecule has 15 heavy (non-hydrogen) atoms. The van der Waals surface area contributed by atoms with Crippen LogP contribution in [0.5, 0.6) is 0 Å². The minimum atomic E-state index is -0.377. The summed E-state index contributed by atoms with van der Waals surface area (Å²) in [6.07, 6.45) is 1.51. The molecule has 2 nitrogen and oxygen atoms in total. The van der Waals surface area contributed by atoms with E-state index < -0.39 is 0 Å². The second-order valence-electron chi connectivity index (χ2n) is 2.72. The molecule has 0 aliphatic rings. The summed E-state index contributed by atoms with van der Waals surface area (Å²) in [6.45, 7) is 1.68. The maximum Gasteiger partial charge on any atom is 0.266 e. The zero-order valence-electron chi connectivity index (χ0n) is 7.85. The monoisotopic (exact) mass is 263 g/mol. The van der Waals surface area contributed by atoms with E-state index in [2.05, 4.69) is 5.32 Å². The fourth-order valence-corrected chi connectivity index (χ4v) is 1.24. The maximum absolute atomic E-state index is 11.4. The summed E-state index contributed by atoms with van der Waals surface area (Å²) in [7, 11) is 0. The Morgan fingerprint density at radius 2 is 2.00 bits per heavy atom. The molecule has 0 radical (unpaired) electrons. The fourth-order valence-electron chi connectivity index (χ4n) is 0.896. The van der Waals surface area contributed by atoms with Gasteiger partial charge in [0.2, 0.25) is 0 Å². The first-order chi connectivity index (χ1) is 7.04. The van der Waals surface area contributed by atoms with Crippen molar-refractivity contribution in [2.45, 2.75) is 6.92 Å². The highest BCUT2D eigenvalue weighted by atomic mass is 35.5. The summed E-state index contributed by atoms with van der Waals surface area (Å²) in [5.41, 5.74) is 0.550. The molecule has 0 saturated heterocycles. The number of allylic oxidation sites excluding steroid dienone is 1. The molecule has 80 valence electrons. The van der Waals surface area contributed by atoms with Crippen molar-refractivity contribution in [2.75, 3.05) is 5.32 Å². The van der Waals surface area contributed by atoms with Gasteiger partial charge in [0, 0.05) is 5.69 Å². The van der Waals surface area contributed by atoms with Crippen molar-refractivity contribution < 1.29 is 4.79 Å². The van der Waals surface area contributed by atoms with E-state index in [9.17, 15) is 4.79 Å². The largest absolute Gasteiger partial charge is 0.321 e. The van der Waals surface area contributed by atoms with E-state index in [0.29, 0.717) is 15.7 Å². The average Bonchev–Trinajstić information content (AvgIpc) is 2.22. The molecule has 0 fully saturated rings. The van der Waals surface area contributed by atoms with Crippen molar-refractivity contribution in [2.24, 2.45) is 0 Å². The van der Waals surface area contributed by atoms with Crippen LogP contribution in [-0.2, 0) is 4.79 Å². The molecule has 0 unspecified atom stereocenters. The van der Waals surface area contributed by atoms with Crippen molar-refractivity contribution in [3.05, 3.63) is 39.4 Å². The summed E-state index contributed by atoms with van der Waals surface area (Å²) >= 11 is 17.1. The predicted octanol–water partition coefficient (Wildman–Crippen LogP) is 4.07. The first-order valence-electron chi connectivity index (χ1n) is 4.13. The average molecular weight is 265 g/mol. The number of rotatable bonds is 2. The Hall–Kier alpha value is -0.700. The van der Waals surface area contributed by atoms with Crippen LogP contribution >= 0.6 is 34.8 Å². The van der Waals surface area contributed by atoms with E-state index in [1.165, 1.54) is 6.08 Å². The quantitative estimate of drug-likeness (QED) is 0.801. The van der Waals surface area contributed by atoms with Crippen molar-refractivity contribution in [3.63, 3.8) is 0 Å². The summed E-state index contributed by atoms with van der Waals surface area (Å²) < 4.78 is 0. The third-order valence-electron chi connectivity index (χ3n) is 1.65. The van der Waals surface area contributed by atoms with E-state index in [0.717, 1.165) is 0 Å². The van der Waals surface area contributed by atoms with Gasteiger partial charge in [-0.1, -0.05) is 40.9 Å². The lowest BCUT2D eigenvalue weighted by molar-refractivity contribution is -0.112. The third-order valence-corrected chi connectivity index (χ3v) is 2.78. The number of amides is 1. The van der Waals surface area contributed by atoms with E-state index >= 15 is 0 Å². The van der Waals surface area contributed by atoms with Crippen LogP contribution in [0, 0.1) is 0 Å². The van der Waals surface area contributed by atoms with Gasteiger partial charge in [-0.3, -0.25) is 4.79 Å². The molecule has 1 N–H and O–H groups in total. The number of hydrogen-bond donors (Lipinski definition) is 1. The van der Waals surface area contributed by atoms with Gasteiger partial charge in [0.15, 0.2) is 0 Å². The lowest BCUT2D eigenvalue weighted by Crippen LogP contribution is -2.11. The Kier molecular flexibility index (Phi) is 4.45. The van der Waals surface area contributed by atoms with Crippen LogP contribution in [0.2, 0.25) is 10.0 Å². The molecule has 0 aliphatic heterocycles. The van der Waals surface area contributed by atoms with Crippen molar-refractivity contribution in [1.29, 1.82) is 0 Å². The smallest absolute Gasteiger partial charge is 0.266 e. The number of nitrogens with one attached hydrogen (secondary N) is 1. The van der Waals surface area contributed by atoms with Gasteiger partial charge < -0.3 is 5.32 Å². The number of benzene rings is 1. The zero-order chi connectivity index (χ0) is 11.4. The van der Waals surface area contributed by atoms with Crippen LogP contribution in [-0.4, -0.2) is 5.91 Å². The van der Waals surface area contributed by atoms with Gasteiger partial charge in [-0.25, -0.2) is 0 Å². The van der Waals surface area contributed by atoms with Crippen LogP contribution in [0.1, 0.15) is 6.92 Å². The molecule has 0 aliphatic carbocycles. The first kappa shape index (κ1) is 12.4. The highest BCUT2D eigenvalue weighted by Gasteiger charge is 2.06. The Labute approximate surface area is 103 Å². The minimum absolute atomic E-state index is 0.126. The van der Waals surface area contributed by atoms with E-state index in [4.69, 9.17) is 34.8 Å². The second kappa shape index (κ2) is 5.40. The van der Waals surface area contributed by atoms with Crippen molar-refractivity contribution in [3.8, 4) is 0 Å². The number of carbonyl (C=O) groups excluding carboxylic acids is 1. The molecular weight excluding hydrogens is 256 g/mol. The molecule has 1 aromatic rings. The molecule has 0 heterocycles. The molecule has 1 amide bonds. The number of anilines is 1. The maximum atomic E-state index is 11.4. The minimum Gasteiger partial charge on any atom is -0.321 e. The number of halogens is 3. The Bertz CT molecular complexity index is 415. The molecule has 0 bridgehead atoms. The van der Waals surface area contributed by atoms with Gasteiger partial charge in [-0.05, 0) is 25.1 Å². The zero-order valence-corrected chi connectivity index (χ0v) is 10.1. The Morgan fingerprint density at radius 3 is 2.53 bits per heavy atom. The van der Waals surface area contributed by atoms with Gasteiger partial charge in [0.05, 0.1) is 10.0 Å². The molecule has 1 aromatic carbocycles. The summed E-state index contributed by atoms with van der Waals surface area (Å²) in [6, 6.07) is 4.80. The summed E-state index contributed by atoms with van der Waals surface area (Å²) in [4.78, 5) is 11.4. The molecule has 1 rings (SSSR count). The lowest BCUT2D eigenvalue weighted by atomic mass is 10.3. The highest BCUT2D eigenvalue weighted by Crippen LogP contribution is 2.25. The van der Waals surface area contributed by atoms with Gasteiger partial charge in [-0.2, -0.15) is 0 Å². The SMILES string of the molecule is C/C=C(\Cl)C(=O)Nc1ccc(Cl)c(Cl)c1. The van der Waals surface area contributed by atoms with Crippen LogP contribution < -0.4 is 5.32 Å². The van der Waals surface area contributed by atoms with E-state index in [-0.39, 0.29) is 10.9 Å². The molecule has 5 heteroatoms. The molecule has 0 aromatic heterocycles. The molecule has 0 saturated carbocycles. The lowest BCUT2D eigenvalue weighted by Gasteiger charge is -2.05. The Morgan fingerprint density at radius 1 is 1.33 bits per heavy atom. The molecular formula is C10H8Cl3NO. The summed E-state index contributed by atoms with van der Waals surface area (Å²) in [5.74, 6) is -0.377. The topological polar surface area (TPSA) is 29.1 Å². The molecule has 0 spiro atoms. The standard InChI is InChI=1S/C10H8Cl3NO/c1-2-7(11)10(15)14-6-3-4-8(12)9(13)5-6/h2-5H,1H3,(H,14,15)/b7-2-. The first-order valence-corrected chi connectivity index (χ1v) is 5.26. The fraction of sp³-hybridized carbons (Fsp3) is 0.100. The third kappa shape index (κ3) is 3.42. The van der Waals surface area contributed by atoms with E-state index in [1.807, 2.05) is 0 Å². The van der Waals surface area contributed by atoms with Gasteiger partial charge in [-0.15, -0.1) is 0 Å². The second-order valence-corrected chi connectivity index (χ2v) is 3.94. The van der Waals surface area contributed by atoms with Crippen LogP contribution in [0.3, 0.4) is 0 Å². The van der Waals surface area contributed by atoms with Crippen LogP contribution in [0.25, 0.3) is 0 Å². The van der Waals surface area contributed by atoms with Crippen molar-refractivity contribution >= 4 is 46.4 Å². The summed E-state index contributed by atoms with van der Waals surface area (Å²) in [5, 5.41) is 3.52. The van der Waals surface area contributed by atoms with Gasteiger partial charge in [0.25, 0.3) is 5.91 Å². The normalized spacial score (nSPS) is 11.3. The van der Waals surface area contributed by atoms with Crippen LogP contribution in [0.15, 0.2) is 29.3 Å². The van der Waals surface area contributed by atoms with Gasteiger partial charge in [0.1, 0.15) is 5.03 Å². The highest BCUT2D eigenvalue weighted by molar-refractivity contribution is 6.44. The van der Waals surface area contributed by atoms with Gasteiger partial charge >= 0.3 is 0 Å². The predicted molar refractivity (Wildman–Crippen MR) is 64.7 cm³/mol. The van der Waals surface area contributed by atoms with Crippen LogP contribution in [0.4, 0.5) is 5.69 Å². The Balaban J connectivity index is 2.82. The number of carbonyl (C=O) groups is 1. The number of hydrogen-bond acceptors (Lipinski definition) is 1. The molecule has 0 atom stereocenters. The van der Waals surface area contributed by atoms with Crippen molar-refractivity contribution in [1.82, 2.24) is 0 Å². The van der Waals surface area contributed by atoms with E-state index in [1.54, 1.807) is 25.1 Å².